The maximum Gasteiger partial charge on any atom is 0.254 e. The van der Waals surface area contributed by atoms with Gasteiger partial charge in [-0.05, 0) is 5.56 Å². The lowest BCUT2D eigenvalue weighted by Gasteiger charge is -2.21. The monoisotopic (exact) mass is 333 g/mol. The van der Waals surface area contributed by atoms with Crippen LogP contribution in [0.15, 0.2) is 30.3 Å². The molecule has 1 aliphatic rings. The molecule has 1 heterocycles. The summed E-state index contributed by atoms with van der Waals surface area (Å²) in [5.41, 5.74) is 0.940. The summed E-state index contributed by atoms with van der Waals surface area (Å²) in [6, 6.07) is 8.74. The van der Waals surface area contributed by atoms with Crippen LogP contribution >= 0.6 is 0 Å². The van der Waals surface area contributed by atoms with Crippen molar-refractivity contribution in [3.05, 3.63) is 35.9 Å². The molecule has 24 heavy (non-hydrogen) atoms. The number of epoxide rings is 1. The zero-order valence-corrected chi connectivity index (χ0v) is 14.4. The van der Waals surface area contributed by atoms with Crippen LogP contribution in [0.2, 0.25) is 0 Å². The predicted molar refractivity (Wildman–Crippen MR) is 88.1 cm³/mol. The summed E-state index contributed by atoms with van der Waals surface area (Å²) >= 11 is 0. The molecule has 1 aliphatic heterocycles. The molecule has 0 saturated carbocycles. The van der Waals surface area contributed by atoms with Gasteiger partial charge >= 0.3 is 0 Å². The second-order valence-corrected chi connectivity index (χ2v) is 6.19. The number of benzene rings is 1. The summed E-state index contributed by atoms with van der Waals surface area (Å²) in [6.07, 6.45) is -1.21. The number of hydrogen-bond acceptors (Lipinski definition) is 4. The van der Waals surface area contributed by atoms with E-state index in [2.05, 4.69) is 5.32 Å². The Morgan fingerprint density at radius 3 is 2.21 bits per heavy atom. The first-order valence-corrected chi connectivity index (χ1v) is 7.73. The molecule has 0 aromatic heterocycles. The third-order valence-corrected chi connectivity index (χ3v) is 3.77. The largest absolute Gasteiger partial charge is 0.349 e. The van der Waals surface area contributed by atoms with Crippen LogP contribution in [0.3, 0.4) is 0 Å². The van der Waals surface area contributed by atoms with Gasteiger partial charge < -0.3 is 19.9 Å². The highest BCUT2D eigenvalue weighted by Crippen LogP contribution is 2.24. The van der Waals surface area contributed by atoms with E-state index in [9.17, 15) is 14.4 Å². The van der Waals surface area contributed by atoms with Crippen molar-refractivity contribution < 1.29 is 19.1 Å². The maximum absolute atomic E-state index is 12.3. The first-order chi connectivity index (χ1) is 11.3. The summed E-state index contributed by atoms with van der Waals surface area (Å²) in [4.78, 5) is 39.2. The average Bonchev–Trinajstić information content (AvgIpc) is 3.34. The van der Waals surface area contributed by atoms with E-state index < -0.39 is 24.2 Å². The summed E-state index contributed by atoms with van der Waals surface area (Å²) < 4.78 is 5.17. The van der Waals surface area contributed by atoms with Crippen molar-refractivity contribution in [2.24, 2.45) is 0 Å². The van der Waals surface area contributed by atoms with Crippen LogP contribution in [0.5, 0.6) is 0 Å². The van der Waals surface area contributed by atoms with E-state index in [0.717, 1.165) is 5.56 Å². The Morgan fingerprint density at radius 2 is 1.67 bits per heavy atom. The van der Waals surface area contributed by atoms with Crippen LogP contribution in [-0.2, 0) is 25.5 Å². The molecular formula is C17H23N3O4. The number of carbonyl (C=O) groups excluding carboxylic acids is 3. The van der Waals surface area contributed by atoms with Gasteiger partial charge in [-0.1, -0.05) is 30.3 Å². The molecule has 7 heteroatoms. The van der Waals surface area contributed by atoms with Crippen molar-refractivity contribution >= 4 is 17.7 Å². The van der Waals surface area contributed by atoms with E-state index in [4.69, 9.17) is 4.74 Å². The fraction of sp³-hybridized carbons (Fsp3) is 0.471. The minimum atomic E-state index is -0.826. The maximum atomic E-state index is 12.3. The highest BCUT2D eigenvalue weighted by Gasteiger charge is 2.51. The molecule has 1 N–H and O–H groups in total. The third kappa shape index (κ3) is 4.32. The lowest BCUT2D eigenvalue weighted by molar-refractivity contribution is -0.134. The fourth-order valence-electron chi connectivity index (χ4n) is 2.37. The molecule has 0 spiro atoms. The number of nitrogens with zero attached hydrogens (tertiary/aromatic N) is 2. The SMILES string of the molecule is CN(C)C(=O)C(Cc1ccccc1)NC(=O)C1OC1C(=O)N(C)C. The van der Waals surface area contributed by atoms with E-state index in [1.54, 1.807) is 28.2 Å². The van der Waals surface area contributed by atoms with Gasteiger partial charge in [0.05, 0.1) is 0 Å². The number of carbonyl (C=O) groups is 3. The molecule has 2 rings (SSSR count). The van der Waals surface area contributed by atoms with Gasteiger partial charge in [-0.15, -0.1) is 0 Å². The smallest absolute Gasteiger partial charge is 0.254 e. The van der Waals surface area contributed by atoms with Gasteiger partial charge in [-0.2, -0.15) is 0 Å². The Kier molecular flexibility index (Phi) is 5.56. The molecule has 3 unspecified atom stereocenters. The van der Waals surface area contributed by atoms with Gasteiger partial charge in [0.1, 0.15) is 6.04 Å². The molecule has 1 fully saturated rings. The van der Waals surface area contributed by atoms with E-state index in [-0.39, 0.29) is 11.8 Å². The lowest BCUT2D eigenvalue weighted by atomic mass is 10.0. The van der Waals surface area contributed by atoms with Crippen LogP contribution in [0.1, 0.15) is 5.56 Å². The number of amides is 3. The highest BCUT2D eigenvalue weighted by molar-refractivity contribution is 5.97. The van der Waals surface area contributed by atoms with Gasteiger partial charge in [0.25, 0.3) is 11.8 Å². The van der Waals surface area contributed by atoms with Crippen LogP contribution in [-0.4, -0.2) is 74.0 Å². The van der Waals surface area contributed by atoms with Gasteiger partial charge in [0.15, 0.2) is 12.2 Å². The molecular weight excluding hydrogens is 310 g/mol. The Hall–Kier alpha value is -2.41. The molecule has 3 amide bonds. The van der Waals surface area contributed by atoms with E-state index >= 15 is 0 Å². The topological polar surface area (TPSA) is 82.2 Å². The fourth-order valence-corrected chi connectivity index (χ4v) is 2.37. The van der Waals surface area contributed by atoms with Crippen LogP contribution < -0.4 is 5.32 Å². The van der Waals surface area contributed by atoms with E-state index in [1.807, 2.05) is 30.3 Å². The van der Waals surface area contributed by atoms with Crippen LogP contribution in [0, 0.1) is 0 Å². The summed E-state index contributed by atoms with van der Waals surface area (Å²) in [6.45, 7) is 0. The molecule has 1 aromatic rings. The number of rotatable bonds is 6. The van der Waals surface area contributed by atoms with Crippen molar-refractivity contribution in [2.45, 2.75) is 24.7 Å². The number of likely N-dealkylation sites (N-methyl/N-ethyl adjacent to an activating group) is 2. The zero-order valence-electron chi connectivity index (χ0n) is 14.4. The van der Waals surface area contributed by atoms with Crippen molar-refractivity contribution in [3.8, 4) is 0 Å². The Labute approximate surface area is 141 Å². The van der Waals surface area contributed by atoms with Crippen LogP contribution in [0.4, 0.5) is 0 Å². The molecule has 7 nitrogen and oxygen atoms in total. The second-order valence-electron chi connectivity index (χ2n) is 6.19. The zero-order chi connectivity index (χ0) is 17.9. The van der Waals surface area contributed by atoms with Gasteiger partial charge in [0.2, 0.25) is 5.91 Å². The number of nitrogens with one attached hydrogen (secondary N) is 1. The van der Waals surface area contributed by atoms with Crippen molar-refractivity contribution in [1.82, 2.24) is 15.1 Å². The first-order valence-electron chi connectivity index (χ1n) is 7.73. The minimum Gasteiger partial charge on any atom is -0.349 e. The number of hydrogen-bond donors (Lipinski definition) is 1. The second kappa shape index (κ2) is 7.44. The Morgan fingerprint density at radius 1 is 1.04 bits per heavy atom. The van der Waals surface area contributed by atoms with Crippen molar-refractivity contribution in [3.63, 3.8) is 0 Å². The van der Waals surface area contributed by atoms with E-state index in [0.29, 0.717) is 6.42 Å². The Bertz CT molecular complexity index is 616. The molecule has 0 radical (unpaired) electrons. The van der Waals surface area contributed by atoms with E-state index in [1.165, 1.54) is 9.80 Å². The minimum absolute atomic E-state index is 0.205. The summed E-state index contributed by atoms with van der Waals surface area (Å²) in [5.74, 6) is -0.900. The normalized spacial score (nSPS) is 20.0. The third-order valence-electron chi connectivity index (χ3n) is 3.77. The molecule has 130 valence electrons. The summed E-state index contributed by atoms with van der Waals surface area (Å²) in [5, 5.41) is 2.71. The molecule has 0 aliphatic carbocycles. The quantitative estimate of drug-likeness (QED) is 0.722. The lowest BCUT2D eigenvalue weighted by Crippen LogP contribution is -2.49. The Balaban J connectivity index is 2.02. The molecule has 0 bridgehead atoms. The molecule has 1 aromatic carbocycles. The number of ether oxygens (including phenoxy) is 1. The first kappa shape index (κ1) is 17.9. The van der Waals surface area contributed by atoms with Gasteiger partial charge in [-0.3, -0.25) is 14.4 Å². The van der Waals surface area contributed by atoms with Crippen molar-refractivity contribution in [2.75, 3.05) is 28.2 Å². The summed E-state index contributed by atoms with van der Waals surface area (Å²) in [7, 11) is 6.48. The molecule has 1 saturated heterocycles. The van der Waals surface area contributed by atoms with Crippen LogP contribution in [0.25, 0.3) is 0 Å². The molecule has 3 atom stereocenters. The predicted octanol–water partition coefficient (Wildman–Crippen LogP) is -0.342. The van der Waals surface area contributed by atoms with Gasteiger partial charge in [-0.25, -0.2) is 0 Å². The van der Waals surface area contributed by atoms with Gasteiger partial charge in [0, 0.05) is 34.6 Å². The average molecular weight is 333 g/mol. The van der Waals surface area contributed by atoms with Crippen molar-refractivity contribution in [1.29, 1.82) is 0 Å². The standard InChI is InChI=1S/C17H23N3O4/c1-19(2)16(22)12(10-11-8-6-5-7-9-11)18-15(21)13-14(24-13)17(23)20(3)4/h5-9,12-14H,10H2,1-4H3,(H,18,21). The highest BCUT2D eigenvalue weighted by atomic mass is 16.6.